The van der Waals surface area contributed by atoms with E-state index in [1.54, 1.807) is 20.4 Å². The second-order valence-corrected chi connectivity index (χ2v) is 6.93. The topological polar surface area (TPSA) is 69.6 Å². The normalized spacial score (nSPS) is 21.1. The second kappa shape index (κ2) is 6.36. The number of aliphatic hydroxyl groups is 1. The van der Waals surface area contributed by atoms with Crippen LogP contribution < -0.4 is 4.90 Å². The lowest BCUT2D eigenvalue weighted by Crippen LogP contribution is -2.50. The molecule has 128 valence electrons. The molecule has 3 rings (SSSR count). The molecule has 0 radical (unpaired) electrons. The summed E-state index contributed by atoms with van der Waals surface area (Å²) >= 11 is 0. The van der Waals surface area contributed by atoms with Gasteiger partial charge in [0, 0.05) is 32.6 Å². The number of anilines is 1. The zero-order valence-electron chi connectivity index (χ0n) is 14.5. The highest BCUT2D eigenvalue weighted by Gasteiger charge is 2.36. The summed E-state index contributed by atoms with van der Waals surface area (Å²) in [5.41, 5.74) is 1.03. The molecule has 1 amide bonds. The SMILES string of the molecule is Cc1ccc2ncnc(N3CCCC(O)(CC(=O)N(C)C)C3)c2c1. The smallest absolute Gasteiger partial charge is 0.225 e. The van der Waals surface area contributed by atoms with Crippen LogP contribution in [0, 0.1) is 6.92 Å². The number of nitrogens with zero attached hydrogens (tertiary/aromatic N) is 4. The van der Waals surface area contributed by atoms with Crippen molar-refractivity contribution in [2.45, 2.75) is 31.8 Å². The van der Waals surface area contributed by atoms with Gasteiger partial charge in [-0.25, -0.2) is 9.97 Å². The van der Waals surface area contributed by atoms with Crippen LogP contribution in [0.3, 0.4) is 0 Å². The van der Waals surface area contributed by atoms with Gasteiger partial charge in [-0.1, -0.05) is 11.6 Å². The Balaban J connectivity index is 1.90. The third-order valence-corrected chi connectivity index (χ3v) is 4.60. The van der Waals surface area contributed by atoms with Crippen molar-refractivity contribution in [2.75, 3.05) is 32.1 Å². The number of carbonyl (C=O) groups is 1. The molecule has 1 N–H and O–H groups in total. The van der Waals surface area contributed by atoms with Gasteiger partial charge in [0.1, 0.15) is 12.1 Å². The maximum atomic E-state index is 12.0. The first-order valence-corrected chi connectivity index (χ1v) is 8.27. The summed E-state index contributed by atoms with van der Waals surface area (Å²) in [6.07, 6.45) is 3.16. The van der Waals surface area contributed by atoms with Gasteiger partial charge in [0.2, 0.25) is 5.91 Å². The molecule has 6 nitrogen and oxygen atoms in total. The lowest BCUT2D eigenvalue weighted by molar-refractivity contribution is -0.134. The van der Waals surface area contributed by atoms with Crippen LogP contribution >= 0.6 is 0 Å². The Labute approximate surface area is 142 Å². The third-order valence-electron chi connectivity index (χ3n) is 4.60. The van der Waals surface area contributed by atoms with E-state index in [0.717, 1.165) is 35.2 Å². The van der Waals surface area contributed by atoms with Gasteiger partial charge in [-0.2, -0.15) is 0 Å². The van der Waals surface area contributed by atoms with E-state index < -0.39 is 5.60 Å². The number of β-amino-alcohol motifs (C(OH)–C–C–N with tert-alkyl or cyclic N) is 1. The maximum absolute atomic E-state index is 12.0. The molecule has 1 saturated heterocycles. The van der Waals surface area contributed by atoms with Gasteiger partial charge in [0.25, 0.3) is 0 Å². The molecular formula is C18H24N4O2. The van der Waals surface area contributed by atoms with Gasteiger partial charge < -0.3 is 14.9 Å². The number of hydrogen-bond acceptors (Lipinski definition) is 5. The van der Waals surface area contributed by atoms with Crippen molar-refractivity contribution in [1.29, 1.82) is 0 Å². The van der Waals surface area contributed by atoms with Crippen LogP contribution in [-0.2, 0) is 4.79 Å². The lowest BCUT2D eigenvalue weighted by Gasteiger charge is -2.40. The van der Waals surface area contributed by atoms with Crippen LogP contribution in [0.2, 0.25) is 0 Å². The Hall–Kier alpha value is -2.21. The van der Waals surface area contributed by atoms with Crippen LogP contribution in [-0.4, -0.2) is 58.7 Å². The molecule has 1 unspecified atom stereocenters. The first-order valence-electron chi connectivity index (χ1n) is 8.27. The zero-order valence-corrected chi connectivity index (χ0v) is 14.5. The minimum atomic E-state index is -1.01. The summed E-state index contributed by atoms with van der Waals surface area (Å²) in [4.78, 5) is 24.4. The van der Waals surface area contributed by atoms with Crippen molar-refractivity contribution in [2.24, 2.45) is 0 Å². The molecule has 2 aromatic rings. The van der Waals surface area contributed by atoms with E-state index in [0.29, 0.717) is 13.0 Å². The first kappa shape index (κ1) is 16.6. The highest BCUT2D eigenvalue weighted by molar-refractivity contribution is 5.90. The average molecular weight is 328 g/mol. The molecule has 1 atom stereocenters. The Morgan fingerprint density at radius 2 is 2.17 bits per heavy atom. The molecule has 1 fully saturated rings. The zero-order chi connectivity index (χ0) is 17.3. The monoisotopic (exact) mass is 328 g/mol. The van der Waals surface area contributed by atoms with Crippen LogP contribution in [0.25, 0.3) is 10.9 Å². The van der Waals surface area contributed by atoms with E-state index >= 15 is 0 Å². The standard InChI is InChI=1S/C18H24N4O2/c1-13-5-6-15-14(9-13)17(20-12-19-15)22-8-4-7-18(24,11-22)10-16(23)21(2)3/h5-6,9,12,24H,4,7-8,10-11H2,1-3H3. The number of aromatic nitrogens is 2. The summed E-state index contributed by atoms with van der Waals surface area (Å²) in [6.45, 7) is 3.27. The molecule has 1 aromatic heterocycles. The third kappa shape index (κ3) is 3.33. The first-order chi connectivity index (χ1) is 11.4. The van der Waals surface area contributed by atoms with E-state index in [1.807, 2.05) is 19.1 Å². The van der Waals surface area contributed by atoms with E-state index in [1.165, 1.54) is 4.90 Å². The highest BCUT2D eigenvalue weighted by Crippen LogP contribution is 2.31. The van der Waals surface area contributed by atoms with E-state index in [-0.39, 0.29) is 12.3 Å². The molecule has 6 heteroatoms. The Kier molecular flexibility index (Phi) is 4.41. The van der Waals surface area contributed by atoms with Gasteiger partial charge >= 0.3 is 0 Å². The molecule has 0 aliphatic carbocycles. The second-order valence-electron chi connectivity index (χ2n) is 6.93. The number of fused-ring (bicyclic) bond motifs is 1. The van der Waals surface area contributed by atoms with Gasteiger partial charge in [-0.05, 0) is 31.9 Å². The molecular weight excluding hydrogens is 304 g/mol. The minimum Gasteiger partial charge on any atom is -0.388 e. The largest absolute Gasteiger partial charge is 0.388 e. The molecule has 0 saturated carbocycles. The lowest BCUT2D eigenvalue weighted by atomic mass is 9.89. The minimum absolute atomic E-state index is 0.0530. The van der Waals surface area contributed by atoms with E-state index in [4.69, 9.17) is 0 Å². The van der Waals surface area contributed by atoms with Crippen molar-refractivity contribution in [3.63, 3.8) is 0 Å². The van der Waals surface area contributed by atoms with Crippen LogP contribution in [0.4, 0.5) is 5.82 Å². The summed E-state index contributed by atoms with van der Waals surface area (Å²) < 4.78 is 0. The average Bonchev–Trinajstić information content (AvgIpc) is 2.53. The summed E-state index contributed by atoms with van der Waals surface area (Å²) in [6, 6.07) is 6.09. The number of carbonyl (C=O) groups excluding carboxylic acids is 1. The number of rotatable bonds is 3. The fraction of sp³-hybridized carbons (Fsp3) is 0.500. The molecule has 0 bridgehead atoms. The highest BCUT2D eigenvalue weighted by atomic mass is 16.3. The maximum Gasteiger partial charge on any atom is 0.225 e. The van der Waals surface area contributed by atoms with Crippen molar-refractivity contribution < 1.29 is 9.90 Å². The van der Waals surface area contributed by atoms with Crippen molar-refractivity contribution in [3.8, 4) is 0 Å². The molecule has 1 aliphatic heterocycles. The van der Waals surface area contributed by atoms with Gasteiger partial charge in [0.05, 0.1) is 17.5 Å². The van der Waals surface area contributed by atoms with Crippen LogP contribution in [0.5, 0.6) is 0 Å². The Bertz CT molecular complexity index is 762. The number of benzene rings is 1. The van der Waals surface area contributed by atoms with Crippen molar-refractivity contribution >= 4 is 22.6 Å². The summed E-state index contributed by atoms with van der Waals surface area (Å²) in [5.74, 6) is 0.780. The fourth-order valence-electron chi connectivity index (χ4n) is 3.29. The number of piperidine rings is 1. The van der Waals surface area contributed by atoms with Gasteiger partial charge in [0.15, 0.2) is 0 Å². The fourth-order valence-corrected chi connectivity index (χ4v) is 3.29. The number of amides is 1. The predicted octanol–water partition coefficient (Wildman–Crippen LogP) is 1.75. The molecule has 1 aliphatic rings. The molecule has 24 heavy (non-hydrogen) atoms. The molecule has 2 heterocycles. The predicted molar refractivity (Wildman–Crippen MR) is 94.0 cm³/mol. The number of hydrogen-bond donors (Lipinski definition) is 1. The van der Waals surface area contributed by atoms with Crippen molar-refractivity contribution in [3.05, 3.63) is 30.1 Å². The van der Waals surface area contributed by atoms with E-state index in [9.17, 15) is 9.90 Å². The molecule has 1 aromatic carbocycles. The summed E-state index contributed by atoms with van der Waals surface area (Å²) in [5, 5.41) is 11.9. The van der Waals surface area contributed by atoms with Crippen LogP contribution in [0.1, 0.15) is 24.8 Å². The summed E-state index contributed by atoms with van der Waals surface area (Å²) in [7, 11) is 3.43. The number of aryl methyl sites for hydroxylation is 1. The van der Waals surface area contributed by atoms with E-state index in [2.05, 4.69) is 20.9 Å². The quantitative estimate of drug-likeness (QED) is 0.929. The Morgan fingerprint density at radius 1 is 1.38 bits per heavy atom. The molecule has 0 spiro atoms. The van der Waals surface area contributed by atoms with Gasteiger partial charge in [-0.3, -0.25) is 4.79 Å². The Morgan fingerprint density at radius 3 is 2.92 bits per heavy atom. The van der Waals surface area contributed by atoms with Crippen molar-refractivity contribution in [1.82, 2.24) is 14.9 Å². The van der Waals surface area contributed by atoms with Crippen LogP contribution in [0.15, 0.2) is 24.5 Å². The van der Waals surface area contributed by atoms with Gasteiger partial charge in [-0.15, -0.1) is 0 Å².